The zero-order valence-electron chi connectivity index (χ0n) is 17.3. The molecule has 3 fully saturated rings. The normalized spacial score (nSPS) is 28.1. The number of piperidine rings is 2. The van der Waals surface area contributed by atoms with Gasteiger partial charge in [0, 0.05) is 57.9 Å². The van der Waals surface area contributed by atoms with Gasteiger partial charge < -0.3 is 19.3 Å². The smallest absolute Gasteiger partial charge is 0.320 e. The highest BCUT2D eigenvalue weighted by molar-refractivity contribution is 5.75. The van der Waals surface area contributed by atoms with E-state index in [2.05, 4.69) is 27.6 Å². The molecule has 2 aromatic heterocycles. The van der Waals surface area contributed by atoms with Gasteiger partial charge >= 0.3 is 6.03 Å². The number of hydrogen-bond donors (Lipinski definition) is 1. The summed E-state index contributed by atoms with van der Waals surface area (Å²) in [4.78, 5) is 24.0. The van der Waals surface area contributed by atoms with Crippen molar-refractivity contribution in [3.63, 3.8) is 0 Å². The number of fused-ring (bicyclic) bond motifs is 2. The number of amides is 2. The molecule has 0 radical (unpaired) electrons. The Bertz CT molecular complexity index is 906. The number of urea groups is 1. The Kier molecular flexibility index (Phi) is 4.75. The maximum absolute atomic E-state index is 12.8. The number of nitrogens with zero attached hydrogens (tertiary/aromatic N) is 5. The lowest BCUT2D eigenvalue weighted by Gasteiger charge is -2.50. The van der Waals surface area contributed by atoms with E-state index < -0.39 is 5.60 Å². The lowest BCUT2D eigenvalue weighted by molar-refractivity contribution is -0.108. The molecule has 2 atom stereocenters. The molecular weight excluding hydrogens is 366 g/mol. The Morgan fingerprint density at radius 2 is 1.93 bits per heavy atom. The predicted molar refractivity (Wildman–Crippen MR) is 111 cm³/mol. The molecule has 3 saturated heterocycles. The van der Waals surface area contributed by atoms with Crippen molar-refractivity contribution in [2.75, 3.05) is 39.3 Å². The first-order valence-corrected chi connectivity index (χ1v) is 10.9. The SMILES string of the molecule is Cc1nc(CN2CC[C@@]3(O)CCN(C(=O)N4CCCC4)C[C@H]3C2)c2ccccn12. The van der Waals surface area contributed by atoms with Crippen molar-refractivity contribution in [2.24, 2.45) is 5.92 Å². The van der Waals surface area contributed by atoms with E-state index in [0.29, 0.717) is 19.5 Å². The van der Waals surface area contributed by atoms with Crippen molar-refractivity contribution >= 4 is 11.5 Å². The van der Waals surface area contributed by atoms with Gasteiger partial charge in [-0.1, -0.05) is 6.07 Å². The van der Waals surface area contributed by atoms with Crippen molar-refractivity contribution in [1.82, 2.24) is 24.1 Å². The topological polar surface area (TPSA) is 64.3 Å². The van der Waals surface area contributed by atoms with Gasteiger partial charge in [0.1, 0.15) is 5.82 Å². The quantitative estimate of drug-likeness (QED) is 0.843. The Balaban J connectivity index is 1.29. The summed E-state index contributed by atoms with van der Waals surface area (Å²) in [5.74, 6) is 1.11. The van der Waals surface area contributed by atoms with Crippen LogP contribution in [0.1, 0.15) is 37.2 Å². The van der Waals surface area contributed by atoms with Gasteiger partial charge in [0.2, 0.25) is 0 Å². The molecule has 0 aliphatic carbocycles. The summed E-state index contributed by atoms with van der Waals surface area (Å²) in [6.45, 7) is 7.59. The molecule has 0 spiro atoms. The number of carbonyl (C=O) groups is 1. The number of pyridine rings is 1. The Morgan fingerprint density at radius 3 is 2.76 bits per heavy atom. The van der Waals surface area contributed by atoms with Crippen molar-refractivity contribution in [3.8, 4) is 0 Å². The lowest BCUT2D eigenvalue weighted by atomic mass is 9.75. The molecule has 0 aromatic carbocycles. The minimum absolute atomic E-state index is 0.103. The van der Waals surface area contributed by atoms with Gasteiger partial charge in [-0.2, -0.15) is 0 Å². The van der Waals surface area contributed by atoms with Crippen molar-refractivity contribution in [1.29, 1.82) is 0 Å². The lowest BCUT2D eigenvalue weighted by Crippen LogP contribution is -2.61. The van der Waals surface area contributed by atoms with Crippen LogP contribution in [0.3, 0.4) is 0 Å². The number of rotatable bonds is 2. The molecule has 2 aromatic rings. The maximum atomic E-state index is 12.8. The highest BCUT2D eigenvalue weighted by Gasteiger charge is 2.46. The van der Waals surface area contributed by atoms with E-state index in [1.807, 2.05) is 22.8 Å². The van der Waals surface area contributed by atoms with Crippen LogP contribution in [0.15, 0.2) is 24.4 Å². The zero-order valence-corrected chi connectivity index (χ0v) is 17.3. The van der Waals surface area contributed by atoms with Gasteiger partial charge in [-0.3, -0.25) is 4.90 Å². The average Bonchev–Trinajstić information content (AvgIpc) is 3.37. The second-order valence-electron chi connectivity index (χ2n) is 9.02. The monoisotopic (exact) mass is 397 g/mol. The largest absolute Gasteiger partial charge is 0.389 e. The van der Waals surface area contributed by atoms with E-state index in [1.54, 1.807) is 0 Å². The summed E-state index contributed by atoms with van der Waals surface area (Å²) in [5.41, 5.74) is 1.61. The van der Waals surface area contributed by atoms with Crippen molar-refractivity contribution < 1.29 is 9.90 Å². The predicted octanol–water partition coefficient (Wildman–Crippen LogP) is 2.12. The zero-order chi connectivity index (χ0) is 20.0. The molecule has 0 saturated carbocycles. The van der Waals surface area contributed by atoms with Crippen molar-refractivity contribution in [3.05, 3.63) is 35.9 Å². The Morgan fingerprint density at radius 1 is 1.14 bits per heavy atom. The first-order valence-electron chi connectivity index (χ1n) is 10.9. The van der Waals surface area contributed by atoms with Gasteiger partial charge in [-0.05, 0) is 44.7 Å². The number of carbonyl (C=O) groups excluding carboxylic acids is 1. The van der Waals surface area contributed by atoms with Gasteiger partial charge in [0.05, 0.1) is 16.8 Å². The fourth-order valence-corrected chi connectivity index (χ4v) is 5.39. The third kappa shape index (κ3) is 3.40. The fourth-order valence-electron chi connectivity index (χ4n) is 5.39. The molecule has 7 heteroatoms. The molecule has 1 N–H and O–H groups in total. The van der Waals surface area contributed by atoms with E-state index >= 15 is 0 Å². The van der Waals surface area contributed by atoms with Crippen LogP contribution in [-0.4, -0.2) is 80.1 Å². The third-order valence-electron chi connectivity index (χ3n) is 7.18. The minimum atomic E-state index is -0.634. The van der Waals surface area contributed by atoms with Crippen molar-refractivity contribution in [2.45, 2.75) is 44.8 Å². The van der Waals surface area contributed by atoms with Crippen LogP contribution >= 0.6 is 0 Å². The first-order chi connectivity index (χ1) is 14.0. The molecule has 156 valence electrons. The van der Waals surface area contributed by atoms with Crippen LogP contribution in [-0.2, 0) is 6.54 Å². The Hall–Kier alpha value is -2.12. The van der Waals surface area contributed by atoms with E-state index in [9.17, 15) is 9.90 Å². The molecule has 29 heavy (non-hydrogen) atoms. The molecular formula is C22H31N5O2. The summed E-state index contributed by atoms with van der Waals surface area (Å²) in [5, 5.41) is 11.2. The highest BCUT2D eigenvalue weighted by atomic mass is 16.3. The summed E-state index contributed by atoms with van der Waals surface area (Å²) in [6.07, 6.45) is 5.74. The van der Waals surface area contributed by atoms with Crippen LogP contribution in [0.4, 0.5) is 4.79 Å². The second kappa shape index (κ2) is 7.29. The van der Waals surface area contributed by atoms with Crippen LogP contribution in [0.2, 0.25) is 0 Å². The summed E-state index contributed by atoms with van der Waals surface area (Å²) < 4.78 is 2.13. The molecule has 3 aliphatic heterocycles. The molecule has 7 nitrogen and oxygen atoms in total. The van der Waals surface area contributed by atoms with Gasteiger partial charge in [-0.25, -0.2) is 9.78 Å². The van der Waals surface area contributed by atoms with E-state index in [4.69, 9.17) is 4.98 Å². The minimum Gasteiger partial charge on any atom is -0.389 e. The maximum Gasteiger partial charge on any atom is 0.320 e. The first kappa shape index (κ1) is 18.9. The second-order valence-corrected chi connectivity index (χ2v) is 9.02. The number of hydrogen-bond acceptors (Lipinski definition) is 4. The molecule has 2 amide bonds. The standard InChI is InChI=1S/C22H31N5O2/c1-17-23-19(20-6-2-3-11-27(17)20)16-24-12-7-22(29)8-13-26(15-18(22)14-24)21(28)25-9-4-5-10-25/h2-3,6,11,18,29H,4-5,7-10,12-16H2,1H3/t18-,22-/m1/s1. The Labute approximate surface area is 171 Å². The average molecular weight is 398 g/mol. The summed E-state index contributed by atoms with van der Waals surface area (Å²) in [7, 11) is 0. The molecule has 0 unspecified atom stereocenters. The number of imidazole rings is 1. The molecule has 5 heterocycles. The van der Waals surface area contributed by atoms with Gasteiger partial charge in [0.15, 0.2) is 0 Å². The molecule has 0 bridgehead atoms. The van der Waals surface area contributed by atoms with E-state index in [0.717, 1.165) is 69.0 Å². The summed E-state index contributed by atoms with van der Waals surface area (Å²) in [6, 6.07) is 6.36. The number of aromatic nitrogens is 2. The van der Waals surface area contributed by atoms with Crippen LogP contribution in [0, 0.1) is 12.8 Å². The van der Waals surface area contributed by atoms with E-state index in [-0.39, 0.29) is 11.9 Å². The van der Waals surface area contributed by atoms with Crippen LogP contribution in [0.25, 0.3) is 5.52 Å². The van der Waals surface area contributed by atoms with Crippen LogP contribution < -0.4 is 0 Å². The molecule has 3 aliphatic rings. The highest BCUT2D eigenvalue weighted by Crippen LogP contribution is 2.36. The summed E-state index contributed by atoms with van der Waals surface area (Å²) >= 11 is 0. The fraction of sp³-hybridized carbons (Fsp3) is 0.636. The third-order valence-corrected chi connectivity index (χ3v) is 7.18. The van der Waals surface area contributed by atoms with Gasteiger partial charge in [-0.15, -0.1) is 0 Å². The molecule has 5 rings (SSSR count). The van der Waals surface area contributed by atoms with E-state index in [1.165, 1.54) is 0 Å². The number of aryl methyl sites for hydroxylation is 1. The van der Waals surface area contributed by atoms with Crippen LogP contribution in [0.5, 0.6) is 0 Å². The number of aliphatic hydroxyl groups is 1. The van der Waals surface area contributed by atoms with Gasteiger partial charge in [0.25, 0.3) is 0 Å². The number of likely N-dealkylation sites (tertiary alicyclic amines) is 3.